The van der Waals surface area contributed by atoms with Crippen LogP contribution < -0.4 is 4.84 Å². The van der Waals surface area contributed by atoms with E-state index in [1.54, 1.807) is 0 Å². The monoisotopic (exact) mass is 319 g/mol. The Balaban J connectivity index is 3.83. The first-order valence-corrected chi connectivity index (χ1v) is 7.82. The third kappa shape index (κ3) is 11.8. The van der Waals surface area contributed by atoms with Gasteiger partial charge >= 0.3 is 7.82 Å². The quantitative estimate of drug-likeness (QED) is 0.159. The average Bonchev–Trinajstić information content (AvgIpc) is 2.22. The van der Waals surface area contributed by atoms with Crippen LogP contribution in [0, 0.1) is 0 Å². The molecule has 9 heteroatoms. The first kappa shape index (κ1) is 19.3. The van der Waals surface area contributed by atoms with Gasteiger partial charge in [0.2, 0.25) is 0 Å². The molecule has 0 aromatic carbocycles. The van der Waals surface area contributed by atoms with E-state index in [0.29, 0.717) is 17.4 Å². The normalized spacial score (nSPS) is 16.4. The summed E-state index contributed by atoms with van der Waals surface area (Å²) in [5.41, 5.74) is -0.352. The fourth-order valence-electron chi connectivity index (χ4n) is 0.900. The van der Waals surface area contributed by atoms with Crippen molar-refractivity contribution in [1.82, 2.24) is 4.84 Å². The summed E-state index contributed by atoms with van der Waals surface area (Å²) in [6.45, 7) is 4.53. The number of hydrogen-bond acceptors (Lipinski definition) is 5. The molecule has 0 saturated carbocycles. The smallest absolute Gasteiger partial charge is 0.329 e. The number of quaternary nitrogens is 1. The largest absolute Gasteiger partial charge is 0.499 e. The molecule has 0 rings (SSSR count). The highest BCUT2D eigenvalue weighted by molar-refractivity contribution is 7.47. The van der Waals surface area contributed by atoms with Gasteiger partial charge in [0.15, 0.2) is 0 Å². The summed E-state index contributed by atoms with van der Waals surface area (Å²) in [7, 11) is 1.69. The maximum absolute atomic E-state index is 11.4. The van der Waals surface area contributed by atoms with Crippen molar-refractivity contribution in [3.05, 3.63) is 0 Å². The fourth-order valence-corrected chi connectivity index (χ4v) is 1.56. The van der Waals surface area contributed by atoms with Crippen molar-refractivity contribution in [1.29, 1.82) is 0 Å². The van der Waals surface area contributed by atoms with Crippen LogP contribution in [0.15, 0.2) is 0 Å². The second-order valence-corrected chi connectivity index (χ2v) is 7.47. The van der Waals surface area contributed by atoms with Gasteiger partial charge < -0.3 is 9.38 Å². The summed E-state index contributed by atoms with van der Waals surface area (Å²) in [4.78, 5) is 16.6. The molecule has 0 spiro atoms. The zero-order chi connectivity index (χ0) is 15.2. The van der Waals surface area contributed by atoms with Gasteiger partial charge in [-0.1, -0.05) is 0 Å². The van der Waals surface area contributed by atoms with E-state index in [1.807, 2.05) is 35.0 Å². The predicted molar refractivity (Wildman–Crippen MR) is 73.4 cm³/mol. The highest BCUT2D eigenvalue weighted by Crippen LogP contribution is 2.43. The Hall–Kier alpha value is 0.280. The standard InChI is InChI=1S/C10H24ClN2O5P/c1-10(2,12-11)6-8-16-18-19(14,15)17-9-7-13(3,4)5/h12H,6-9H2,1-5H3/p+1. The molecule has 0 saturated heterocycles. The summed E-state index contributed by atoms with van der Waals surface area (Å²) in [6.07, 6.45) is 0.509. The third-order valence-electron chi connectivity index (χ3n) is 2.23. The summed E-state index contributed by atoms with van der Waals surface area (Å²) in [5.74, 6) is 0. The van der Waals surface area contributed by atoms with E-state index in [9.17, 15) is 9.46 Å². The van der Waals surface area contributed by atoms with Gasteiger partial charge in [-0.3, -0.25) is 4.52 Å². The van der Waals surface area contributed by atoms with Crippen molar-refractivity contribution >= 4 is 19.6 Å². The predicted octanol–water partition coefficient (Wildman–Crippen LogP) is 1.67. The minimum atomic E-state index is -4.15. The molecule has 0 aliphatic heterocycles. The van der Waals surface area contributed by atoms with E-state index >= 15 is 0 Å². The third-order valence-corrected chi connectivity index (χ3v) is 3.54. The highest BCUT2D eigenvalue weighted by atomic mass is 35.5. The van der Waals surface area contributed by atoms with Gasteiger partial charge in [0.1, 0.15) is 13.2 Å². The first-order valence-electron chi connectivity index (χ1n) is 5.94. The summed E-state index contributed by atoms with van der Waals surface area (Å²) in [6, 6.07) is 0. The Morgan fingerprint density at radius 1 is 1.32 bits per heavy atom. The fraction of sp³-hybridized carbons (Fsp3) is 1.00. The number of halogens is 1. The zero-order valence-electron chi connectivity index (χ0n) is 12.2. The lowest BCUT2D eigenvalue weighted by Crippen LogP contribution is -2.37. The van der Waals surface area contributed by atoms with E-state index in [4.69, 9.17) is 16.3 Å². The second-order valence-electron chi connectivity index (χ2n) is 5.94. The molecule has 1 atom stereocenters. The molecule has 0 heterocycles. The number of nitrogens with zero attached hydrogens (tertiary/aromatic N) is 1. The summed E-state index contributed by atoms with van der Waals surface area (Å²) < 4.78 is 21.2. The van der Waals surface area contributed by atoms with Crippen LogP contribution in [-0.2, 0) is 18.7 Å². The summed E-state index contributed by atoms with van der Waals surface area (Å²) in [5, 5.41) is 0. The molecule has 0 bridgehead atoms. The molecule has 0 aromatic rings. The average molecular weight is 320 g/mol. The number of likely N-dealkylation sites (N-methyl/N-ethyl adjacent to an activating group) is 1. The van der Waals surface area contributed by atoms with Crippen LogP contribution >= 0.6 is 19.6 Å². The van der Waals surface area contributed by atoms with Gasteiger partial charge in [0.05, 0.1) is 27.7 Å². The molecule has 116 valence electrons. The van der Waals surface area contributed by atoms with Crippen LogP contribution in [0.3, 0.4) is 0 Å². The van der Waals surface area contributed by atoms with Crippen LogP contribution in [0.5, 0.6) is 0 Å². The second kappa shape index (κ2) is 7.90. The van der Waals surface area contributed by atoms with Crippen molar-refractivity contribution in [2.75, 3.05) is 40.9 Å². The van der Waals surface area contributed by atoms with Crippen LogP contribution in [0.1, 0.15) is 20.3 Å². The molecule has 0 aromatic heterocycles. The van der Waals surface area contributed by atoms with Gasteiger partial charge in [-0.05, 0) is 32.0 Å². The van der Waals surface area contributed by atoms with Crippen molar-refractivity contribution in [2.45, 2.75) is 25.8 Å². The van der Waals surface area contributed by atoms with Crippen molar-refractivity contribution in [3.63, 3.8) is 0 Å². The number of phosphoric ester groups is 1. The number of phosphoric acid groups is 1. The Morgan fingerprint density at radius 3 is 2.37 bits per heavy atom. The van der Waals surface area contributed by atoms with E-state index < -0.39 is 7.82 Å². The Morgan fingerprint density at radius 2 is 1.89 bits per heavy atom. The zero-order valence-corrected chi connectivity index (χ0v) is 13.8. The molecule has 0 aliphatic rings. The SMILES string of the molecule is CC(C)(CCOOP(=O)(O)OCC[N+](C)(C)C)NCl. The number of nitrogens with one attached hydrogen (secondary N) is 1. The first-order chi connectivity index (χ1) is 8.47. The van der Waals surface area contributed by atoms with E-state index in [0.717, 1.165) is 0 Å². The molecule has 2 N–H and O–H groups in total. The Kier molecular flexibility index (Phi) is 8.02. The van der Waals surface area contributed by atoms with Crippen LogP contribution in [0.2, 0.25) is 0 Å². The highest BCUT2D eigenvalue weighted by Gasteiger charge is 2.24. The van der Waals surface area contributed by atoms with E-state index in [2.05, 4.69) is 14.4 Å². The van der Waals surface area contributed by atoms with Crippen LogP contribution in [-0.4, -0.2) is 55.8 Å². The van der Waals surface area contributed by atoms with Crippen molar-refractivity contribution in [3.8, 4) is 0 Å². The maximum atomic E-state index is 11.4. The lowest BCUT2D eigenvalue weighted by Gasteiger charge is -2.24. The molecular weight excluding hydrogens is 295 g/mol. The molecule has 0 amide bonds. The maximum Gasteiger partial charge on any atom is 0.499 e. The molecule has 19 heavy (non-hydrogen) atoms. The minimum Gasteiger partial charge on any atom is -0.329 e. The topological polar surface area (TPSA) is 77.0 Å². The number of rotatable bonds is 10. The Labute approximate surface area is 120 Å². The minimum absolute atomic E-state index is 0.107. The summed E-state index contributed by atoms with van der Waals surface area (Å²) >= 11 is 5.50. The van der Waals surface area contributed by atoms with Gasteiger partial charge in [-0.25, -0.2) is 14.3 Å². The van der Waals surface area contributed by atoms with Gasteiger partial charge in [-0.15, -0.1) is 4.67 Å². The Bertz CT molecular complexity index is 309. The van der Waals surface area contributed by atoms with Crippen LogP contribution in [0.25, 0.3) is 0 Å². The molecule has 7 nitrogen and oxygen atoms in total. The van der Waals surface area contributed by atoms with E-state index in [-0.39, 0.29) is 18.8 Å². The molecular formula is C10H25ClN2O5P+. The molecule has 0 aliphatic carbocycles. The van der Waals surface area contributed by atoms with E-state index in [1.165, 1.54) is 0 Å². The molecule has 0 fully saturated rings. The molecule has 0 radical (unpaired) electrons. The van der Waals surface area contributed by atoms with Gasteiger partial charge in [0, 0.05) is 5.54 Å². The van der Waals surface area contributed by atoms with Crippen LogP contribution in [0.4, 0.5) is 0 Å². The number of hydrogen-bond donors (Lipinski definition) is 2. The van der Waals surface area contributed by atoms with Crippen molar-refractivity contribution in [2.24, 2.45) is 0 Å². The lowest BCUT2D eigenvalue weighted by atomic mass is 10.0. The molecule has 1 unspecified atom stereocenters. The van der Waals surface area contributed by atoms with Gasteiger partial charge in [-0.2, -0.15) is 0 Å². The van der Waals surface area contributed by atoms with Gasteiger partial charge in [0.25, 0.3) is 0 Å². The van der Waals surface area contributed by atoms with Crippen molar-refractivity contribution < 1.29 is 28.0 Å². The lowest BCUT2D eigenvalue weighted by molar-refractivity contribution is -0.870.